The Morgan fingerprint density at radius 1 is 1.25 bits per heavy atom. The summed E-state index contributed by atoms with van der Waals surface area (Å²) in [6, 6.07) is 14.8. The second-order valence-corrected chi connectivity index (χ2v) is 6.98. The molecule has 0 spiro atoms. The molecule has 0 aliphatic carbocycles. The van der Waals surface area contributed by atoms with Gasteiger partial charge in [0.2, 0.25) is 11.7 Å². The lowest BCUT2D eigenvalue weighted by Gasteiger charge is -2.22. The fourth-order valence-corrected chi connectivity index (χ4v) is 2.86. The third kappa shape index (κ3) is 4.89. The van der Waals surface area contributed by atoms with Gasteiger partial charge >= 0.3 is 0 Å². The molecule has 1 heterocycles. The molecule has 0 saturated carbocycles. The van der Waals surface area contributed by atoms with Crippen LogP contribution in [-0.2, 0) is 11.3 Å². The summed E-state index contributed by atoms with van der Waals surface area (Å²) in [5.41, 5.74) is 2.02. The maximum Gasteiger partial charge on any atom is 0.263 e. The fraction of sp³-hybridized carbons (Fsp3) is 0.286. The molecule has 0 aliphatic rings. The van der Waals surface area contributed by atoms with E-state index in [4.69, 9.17) is 20.9 Å². The van der Waals surface area contributed by atoms with Crippen molar-refractivity contribution in [1.82, 2.24) is 15.0 Å². The van der Waals surface area contributed by atoms with Gasteiger partial charge in [-0.3, -0.25) is 4.79 Å². The minimum absolute atomic E-state index is 0.169. The molecule has 0 N–H and O–H groups in total. The maximum atomic E-state index is 12.8. The van der Waals surface area contributed by atoms with Gasteiger partial charge in [-0.2, -0.15) is 4.98 Å². The van der Waals surface area contributed by atoms with E-state index in [0.29, 0.717) is 28.9 Å². The first-order valence-electron chi connectivity index (χ1n) is 9.03. The van der Waals surface area contributed by atoms with Crippen LogP contribution in [0.1, 0.15) is 24.8 Å². The van der Waals surface area contributed by atoms with E-state index in [1.54, 1.807) is 31.3 Å². The highest BCUT2D eigenvalue weighted by Crippen LogP contribution is 2.20. The number of aromatic nitrogens is 2. The molecule has 1 unspecified atom stereocenters. The summed E-state index contributed by atoms with van der Waals surface area (Å²) < 4.78 is 11.1. The Kier molecular flexibility index (Phi) is 6.31. The van der Waals surface area contributed by atoms with Crippen molar-refractivity contribution in [2.75, 3.05) is 7.05 Å². The normalized spacial score (nSPS) is 11.9. The first-order chi connectivity index (χ1) is 13.5. The third-order valence-electron chi connectivity index (χ3n) is 4.25. The Morgan fingerprint density at radius 2 is 2.00 bits per heavy atom. The number of ether oxygens (including phenoxy) is 1. The molecule has 3 aromatic rings. The van der Waals surface area contributed by atoms with Gasteiger partial charge in [0.15, 0.2) is 6.10 Å². The number of carbonyl (C=O) groups excluding carboxylic acids is 1. The summed E-state index contributed by atoms with van der Waals surface area (Å²) >= 11 is 5.98. The van der Waals surface area contributed by atoms with Crippen molar-refractivity contribution in [3.8, 4) is 17.1 Å². The minimum Gasteiger partial charge on any atom is -0.481 e. The molecule has 146 valence electrons. The first kappa shape index (κ1) is 19.9. The molecule has 0 fully saturated rings. The Morgan fingerprint density at radius 3 is 2.68 bits per heavy atom. The highest BCUT2D eigenvalue weighted by molar-refractivity contribution is 6.30. The van der Waals surface area contributed by atoms with E-state index in [1.807, 2.05) is 38.1 Å². The van der Waals surface area contributed by atoms with Crippen molar-refractivity contribution in [1.29, 1.82) is 0 Å². The lowest BCUT2D eigenvalue weighted by Crippen LogP contribution is -2.39. The smallest absolute Gasteiger partial charge is 0.263 e. The number of carbonyl (C=O) groups is 1. The number of amides is 1. The highest BCUT2D eigenvalue weighted by Gasteiger charge is 2.24. The summed E-state index contributed by atoms with van der Waals surface area (Å²) in [5, 5.41) is 4.56. The van der Waals surface area contributed by atoms with Crippen LogP contribution < -0.4 is 4.74 Å². The van der Waals surface area contributed by atoms with E-state index in [2.05, 4.69) is 10.1 Å². The van der Waals surface area contributed by atoms with Gasteiger partial charge in [-0.15, -0.1) is 0 Å². The van der Waals surface area contributed by atoms with Crippen LogP contribution in [0.4, 0.5) is 0 Å². The number of halogens is 1. The molecule has 0 radical (unpaired) electrons. The van der Waals surface area contributed by atoms with Crippen LogP contribution in [0.3, 0.4) is 0 Å². The van der Waals surface area contributed by atoms with Gasteiger partial charge in [0, 0.05) is 17.6 Å². The largest absolute Gasteiger partial charge is 0.481 e. The van der Waals surface area contributed by atoms with Crippen molar-refractivity contribution in [3.05, 3.63) is 65.0 Å². The lowest BCUT2D eigenvalue weighted by atomic mass is 10.1. The van der Waals surface area contributed by atoms with Crippen LogP contribution in [0.5, 0.6) is 5.75 Å². The zero-order chi connectivity index (χ0) is 20.1. The summed E-state index contributed by atoms with van der Waals surface area (Å²) in [6.45, 7) is 4.11. The molecule has 0 aliphatic heterocycles. The SMILES string of the molecule is CCC(Oc1cccc(Cl)c1)C(=O)N(C)Cc1nc(-c2ccc(C)cc2)no1. The van der Waals surface area contributed by atoms with Crippen LogP contribution >= 0.6 is 11.6 Å². The Balaban J connectivity index is 1.65. The molecule has 1 amide bonds. The molecular formula is C21H22ClN3O3. The minimum atomic E-state index is -0.622. The maximum absolute atomic E-state index is 12.8. The van der Waals surface area contributed by atoms with Crippen LogP contribution in [-0.4, -0.2) is 34.1 Å². The van der Waals surface area contributed by atoms with Crippen LogP contribution in [0, 0.1) is 6.92 Å². The summed E-state index contributed by atoms with van der Waals surface area (Å²) in [6.07, 6.45) is -0.100. The average molecular weight is 400 g/mol. The van der Waals surface area contributed by atoms with E-state index in [-0.39, 0.29) is 12.5 Å². The number of rotatable bonds is 7. The molecule has 2 aromatic carbocycles. The lowest BCUT2D eigenvalue weighted by molar-refractivity contribution is -0.138. The van der Waals surface area contributed by atoms with Gasteiger partial charge in [0.05, 0.1) is 6.54 Å². The predicted molar refractivity (Wildman–Crippen MR) is 107 cm³/mol. The first-order valence-corrected chi connectivity index (χ1v) is 9.41. The van der Waals surface area contributed by atoms with Gasteiger partial charge in [-0.25, -0.2) is 0 Å². The fourth-order valence-electron chi connectivity index (χ4n) is 2.68. The second kappa shape index (κ2) is 8.89. The Hall–Kier alpha value is -2.86. The van der Waals surface area contributed by atoms with E-state index >= 15 is 0 Å². The number of benzene rings is 2. The Labute approximate surface area is 169 Å². The molecule has 1 aromatic heterocycles. The number of nitrogens with zero attached hydrogens (tertiary/aromatic N) is 3. The number of hydrogen-bond donors (Lipinski definition) is 0. The predicted octanol–water partition coefficient (Wildman–Crippen LogP) is 4.51. The van der Waals surface area contributed by atoms with Gasteiger partial charge in [-0.1, -0.05) is 59.6 Å². The number of aryl methyl sites for hydroxylation is 1. The van der Waals surface area contributed by atoms with Gasteiger partial charge < -0.3 is 14.2 Å². The van der Waals surface area contributed by atoms with Crippen molar-refractivity contribution >= 4 is 17.5 Å². The molecule has 6 nitrogen and oxygen atoms in total. The van der Waals surface area contributed by atoms with Crippen molar-refractivity contribution in [2.45, 2.75) is 32.9 Å². The van der Waals surface area contributed by atoms with Gasteiger partial charge in [0.1, 0.15) is 5.75 Å². The standard InChI is InChI=1S/C21H22ClN3O3/c1-4-18(27-17-7-5-6-16(22)12-17)21(26)25(3)13-19-23-20(24-28-19)15-10-8-14(2)9-11-15/h5-12,18H,4,13H2,1-3H3. The van der Waals surface area contributed by atoms with Crippen molar-refractivity contribution < 1.29 is 14.1 Å². The highest BCUT2D eigenvalue weighted by atomic mass is 35.5. The zero-order valence-corrected chi connectivity index (χ0v) is 16.8. The monoisotopic (exact) mass is 399 g/mol. The van der Waals surface area contributed by atoms with Crippen LogP contribution in [0.25, 0.3) is 11.4 Å². The van der Waals surface area contributed by atoms with Crippen LogP contribution in [0.15, 0.2) is 53.1 Å². The number of likely N-dealkylation sites (N-methyl/N-ethyl adjacent to an activating group) is 1. The molecule has 0 bridgehead atoms. The molecule has 7 heteroatoms. The molecular weight excluding hydrogens is 378 g/mol. The van der Waals surface area contributed by atoms with E-state index in [1.165, 1.54) is 4.90 Å². The van der Waals surface area contributed by atoms with Crippen molar-refractivity contribution in [3.63, 3.8) is 0 Å². The van der Waals surface area contributed by atoms with Gasteiger partial charge in [0.25, 0.3) is 5.91 Å². The summed E-state index contributed by atoms with van der Waals surface area (Å²) in [5.74, 6) is 1.25. The third-order valence-corrected chi connectivity index (χ3v) is 4.48. The Bertz CT molecular complexity index is 940. The van der Waals surface area contributed by atoms with Gasteiger partial charge in [-0.05, 0) is 31.5 Å². The molecule has 1 atom stereocenters. The summed E-state index contributed by atoms with van der Waals surface area (Å²) in [4.78, 5) is 18.7. The van der Waals surface area contributed by atoms with Crippen molar-refractivity contribution in [2.24, 2.45) is 0 Å². The number of hydrogen-bond acceptors (Lipinski definition) is 5. The quantitative estimate of drug-likeness (QED) is 0.584. The van der Waals surface area contributed by atoms with E-state index in [9.17, 15) is 4.79 Å². The summed E-state index contributed by atoms with van der Waals surface area (Å²) in [7, 11) is 1.68. The second-order valence-electron chi connectivity index (χ2n) is 6.54. The molecule has 3 rings (SSSR count). The topological polar surface area (TPSA) is 68.5 Å². The average Bonchev–Trinajstić information content (AvgIpc) is 3.14. The molecule has 28 heavy (non-hydrogen) atoms. The van der Waals surface area contributed by atoms with E-state index in [0.717, 1.165) is 11.1 Å². The molecule has 0 saturated heterocycles. The van der Waals surface area contributed by atoms with E-state index < -0.39 is 6.10 Å². The van der Waals surface area contributed by atoms with Crippen LogP contribution in [0.2, 0.25) is 5.02 Å². The zero-order valence-electron chi connectivity index (χ0n) is 16.1.